The van der Waals surface area contributed by atoms with E-state index >= 15 is 0 Å². The summed E-state index contributed by atoms with van der Waals surface area (Å²) in [6.07, 6.45) is 3.71. The van der Waals surface area contributed by atoms with Crippen LogP contribution in [0.3, 0.4) is 0 Å². The highest BCUT2D eigenvalue weighted by molar-refractivity contribution is 5.88. The van der Waals surface area contributed by atoms with Crippen LogP contribution in [0, 0.1) is 10.1 Å². The van der Waals surface area contributed by atoms with Crippen LogP contribution in [0.1, 0.15) is 6.42 Å². The SMILES string of the molecule is CN(C)[C@@H]1CCN(C(=O)Nc2cc(Oc3ccc([N+](=O)[O-])nc3)ccn2)C1. The number of nitrogens with zero attached hydrogens (tertiary/aromatic N) is 5. The highest BCUT2D eigenvalue weighted by atomic mass is 16.6. The lowest BCUT2D eigenvalue weighted by Crippen LogP contribution is -2.36. The quantitative estimate of drug-likeness (QED) is 0.633. The second-order valence-corrected chi connectivity index (χ2v) is 6.37. The third-order valence-electron chi connectivity index (χ3n) is 4.29. The number of likely N-dealkylation sites (N-methyl/N-ethyl adjacent to an activating group) is 1. The normalized spacial score (nSPS) is 16.4. The molecule has 2 amide bonds. The molecule has 1 aliphatic rings. The van der Waals surface area contributed by atoms with E-state index in [1.54, 1.807) is 17.0 Å². The van der Waals surface area contributed by atoms with E-state index in [1.165, 1.54) is 24.5 Å². The number of likely N-dealkylation sites (tertiary alicyclic amines) is 1. The zero-order valence-electron chi connectivity index (χ0n) is 15.0. The number of nitrogens with one attached hydrogen (secondary N) is 1. The summed E-state index contributed by atoms with van der Waals surface area (Å²) in [7, 11) is 4.00. The molecule has 10 heteroatoms. The molecule has 10 nitrogen and oxygen atoms in total. The van der Waals surface area contributed by atoms with Crippen molar-refractivity contribution in [1.29, 1.82) is 0 Å². The van der Waals surface area contributed by atoms with E-state index in [1.807, 2.05) is 14.1 Å². The van der Waals surface area contributed by atoms with Crippen molar-refractivity contribution in [1.82, 2.24) is 19.8 Å². The van der Waals surface area contributed by atoms with E-state index in [9.17, 15) is 14.9 Å². The average Bonchev–Trinajstić information content (AvgIpc) is 3.13. The lowest BCUT2D eigenvalue weighted by Gasteiger charge is -2.20. The number of hydrogen-bond acceptors (Lipinski definition) is 7. The maximum Gasteiger partial charge on any atom is 0.363 e. The van der Waals surface area contributed by atoms with Crippen molar-refractivity contribution in [3.63, 3.8) is 0 Å². The van der Waals surface area contributed by atoms with Gasteiger partial charge in [-0.1, -0.05) is 0 Å². The Kier molecular flexibility index (Phi) is 5.46. The van der Waals surface area contributed by atoms with Crippen LogP contribution in [0.5, 0.6) is 11.5 Å². The van der Waals surface area contributed by atoms with Gasteiger partial charge in [-0.15, -0.1) is 0 Å². The molecule has 1 fully saturated rings. The minimum absolute atomic E-state index is 0.207. The summed E-state index contributed by atoms with van der Waals surface area (Å²) < 4.78 is 5.61. The van der Waals surface area contributed by atoms with Crippen molar-refractivity contribution in [2.75, 3.05) is 32.5 Å². The van der Waals surface area contributed by atoms with Crippen molar-refractivity contribution in [3.8, 4) is 11.5 Å². The van der Waals surface area contributed by atoms with Crippen LogP contribution < -0.4 is 10.1 Å². The van der Waals surface area contributed by atoms with Crippen molar-refractivity contribution in [2.24, 2.45) is 0 Å². The maximum atomic E-state index is 12.4. The first-order valence-corrected chi connectivity index (χ1v) is 8.39. The van der Waals surface area contributed by atoms with Gasteiger partial charge in [0.05, 0.1) is 0 Å². The van der Waals surface area contributed by atoms with Gasteiger partial charge in [-0.05, 0) is 42.6 Å². The minimum Gasteiger partial charge on any atom is -0.453 e. The van der Waals surface area contributed by atoms with Gasteiger partial charge in [0.1, 0.15) is 11.6 Å². The predicted molar refractivity (Wildman–Crippen MR) is 97.9 cm³/mol. The molecule has 1 N–H and O–H groups in total. The molecule has 0 bridgehead atoms. The Morgan fingerprint density at radius 3 is 2.78 bits per heavy atom. The predicted octanol–water partition coefficient (Wildman–Crippen LogP) is 2.34. The molecule has 2 aromatic rings. The summed E-state index contributed by atoms with van der Waals surface area (Å²) in [5.74, 6) is 0.883. The van der Waals surface area contributed by atoms with Crippen LogP contribution >= 0.6 is 0 Å². The smallest absolute Gasteiger partial charge is 0.363 e. The fourth-order valence-electron chi connectivity index (χ4n) is 2.76. The molecule has 3 heterocycles. The molecule has 3 rings (SSSR count). The summed E-state index contributed by atoms with van der Waals surface area (Å²) >= 11 is 0. The number of pyridine rings is 2. The van der Waals surface area contributed by atoms with Crippen LogP contribution in [0.25, 0.3) is 0 Å². The van der Waals surface area contributed by atoms with Crippen LogP contribution in [0.2, 0.25) is 0 Å². The van der Waals surface area contributed by atoms with Crippen LogP contribution in [0.4, 0.5) is 16.4 Å². The first kappa shape index (κ1) is 18.5. The van der Waals surface area contributed by atoms with Gasteiger partial charge < -0.3 is 24.7 Å². The molecule has 1 atom stereocenters. The molecule has 2 aromatic heterocycles. The number of anilines is 1. The van der Waals surface area contributed by atoms with Gasteiger partial charge in [0.2, 0.25) is 0 Å². The van der Waals surface area contributed by atoms with Crippen LogP contribution in [-0.4, -0.2) is 63.9 Å². The van der Waals surface area contributed by atoms with Gasteiger partial charge in [0, 0.05) is 37.5 Å². The molecule has 0 radical (unpaired) electrons. The van der Waals surface area contributed by atoms with Gasteiger partial charge in [-0.3, -0.25) is 5.32 Å². The standard InChI is InChI=1S/C17H20N6O4/c1-21(2)12-6-8-22(11-12)17(24)20-15-9-13(5-7-18-15)27-14-3-4-16(19-10-14)23(25)26/h3-5,7,9-10,12H,6,8,11H2,1-2H3,(H,18,20,24)/t12-/m1/s1. The third kappa shape index (κ3) is 4.67. The van der Waals surface area contributed by atoms with Crippen molar-refractivity contribution in [2.45, 2.75) is 12.5 Å². The molecule has 0 aromatic carbocycles. The van der Waals surface area contributed by atoms with Gasteiger partial charge in [-0.25, -0.2) is 9.78 Å². The van der Waals surface area contributed by atoms with E-state index in [2.05, 4.69) is 20.2 Å². The Balaban J connectivity index is 1.62. The van der Waals surface area contributed by atoms with Gasteiger partial charge in [-0.2, -0.15) is 0 Å². The Hall–Kier alpha value is -3.27. The molecular formula is C17H20N6O4. The number of carbonyl (C=O) groups excluding carboxylic acids is 1. The van der Waals surface area contributed by atoms with E-state index in [0.29, 0.717) is 36.4 Å². The van der Waals surface area contributed by atoms with E-state index in [4.69, 9.17) is 4.74 Å². The molecule has 27 heavy (non-hydrogen) atoms. The van der Waals surface area contributed by atoms with E-state index < -0.39 is 4.92 Å². The molecule has 1 saturated heterocycles. The number of carbonyl (C=O) groups is 1. The Morgan fingerprint density at radius 2 is 2.15 bits per heavy atom. The van der Waals surface area contributed by atoms with Gasteiger partial charge in [0.25, 0.3) is 0 Å². The fourth-order valence-corrected chi connectivity index (χ4v) is 2.76. The number of aromatic nitrogens is 2. The van der Waals surface area contributed by atoms with E-state index in [0.717, 1.165) is 6.42 Å². The molecule has 142 valence electrons. The zero-order valence-corrected chi connectivity index (χ0v) is 15.0. The monoisotopic (exact) mass is 372 g/mol. The zero-order chi connectivity index (χ0) is 19.4. The summed E-state index contributed by atoms with van der Waals surface area (Å²) in [4.78, 5) is 34.1. The fraction of sp³-hybridized carbons (Fsp3) is 0.353. The minimum atomic E-state index is -0.580. The van der Waals surface area contributed by atoms with Crippen LogP contribution in [-0.2, 0) is 0 Å². The van der Waals surface area contributed by atoms with Crippen molar-refractivity contribution in [3.05, 3.63) is 46.8 Å². The lowest BCUT2D eigenvalue weighted by molar-refractivity contribution is -0.389. The van der Waals surface area contributed by atoms with Gasteiger partial charge >= 0.3 is 11.8 Å². The molecule has 0 aliphatic carbocycles. The number of urea groups is 1. The number of ether oxygens (including phenoxy) is 1. The van der Waals surface area contributed by atoms with Crippen molar-refractivity contribution >= 4 is 17.7 Å². The highest BCUT2D eigenvalue weighted by Gasteiger charge is 2.27. The second kappa shape index (κ2) is 7.96. The Labute approximate surface area is 155 Å². The number of nitro groups is 1. The number of hydrogen-bond donors (Lipinski definition) is 1. The topological polar surface area (TPSA) is 114 Å². The largest absolute Gasteiger partial charge is 0.453 e. The second-order valence-electron chi connectivity index (χ2n) is 6.37. The first-order chi connectivity index (χ1) is 12.9. The van der Waals surface area contributed by atoms with Crippen molar-refractivity contribution < 1.29 is 14.5 Å². The molecular weight excluding hydrogens is 352 g/mol. The molecule has 1 aliphatic heterocycles. The summed E-state index contributed by atoms with van der Waals surface area (Å²) in [5, 5.41) is 13.4. The number of rotatable bonds is 5. The highest BCUT2D eigenvalue weighted by Crippen LogP contribution is 2.24. The maximum absolute atomic E-state index is 12.4. The average molecular weight is 372 g/mol. The number of amides is 2. The van der Waals surface area contributed by atoms with E-state index in [-0.39, 0.29) is 11.8 Å². The first-order valence-electron chi connectivity index (χ1n) is 8.39. The Morgan fingerprint density at radius 1 is 1.33 bits per heavy atom. The van der Waals surface area contributed by atoms with Gasteiger partial charge in [0.15, 0.2) is 11.9 Å². The molecule has 0 unspecified atom stereocenters. The molecule has 0 saturated carbocycles. The Bertz CT molecular complexity index is 826. The summed E-state index contributed by atoms with van der Waals surface area (Å²) in [6, 6.07) is 6.06. The van der Waals surface area contributed by atoms with Crippen LogP contribution in [0.15, 0.2) is 36.7 Å². The molecule has 0 spiro atoms. The summed E-state index contributed by atoms with van der Waals surface area (Å²) in [6.45, 7) is 1.36. The summed E-state index contributed by atoms with van der Waals surface area (Å²) in [5.41, 5.74) is 0. The lowest BCUT2D eigenvalue weighted by atomic mass is 10.2. The third-order valence-corrected chi connectivity index (χ3v) is 4.29.